The van der Waals surface area contributed by atoms with E-state index in [4.69, 9.17) is 15.2 Å². The van der Waals surface area contributed by atoms with Crippen molar-refractivity contribution >= 4 is 12.4 Å². The Morgan fingerprint density at radius 2 is 2.05 bits per heavy atom. The van der Waals surface area contributed by atoms with Gasteiger partial charge in [-0.1, -0.05) is 19.1 Å². The first-order valence-electron chi connectivity index (χ1n) is 7.29. The van der Waals surface area contributed by atoms with Gasteiger partial charge < -0.3 is 15.2 Å². The molecule has 0 saturated carbocycles. The lowest BCUT2D eigenvalue weighted by Gasteiger charge is -2.23. The minimum Gasteiger partial charge on any atom is -0.493 e. The van der Waals surface area contributed by atoms with Crippen LogP contribution in [-0.2, 0) is 11.2 Å². The van der Waals surface area contributed by atoms with Crippen molar-refractivity contribution in [2.45, 2.75) is 39.2 Å². The number of halogens is 1. The summed E-state index contributed by atoms with van der Waals surface area (Å²) >= 11 is 0. The van der Waals surface area contributed by atoms with Crippen LogP contribution in [0.1, 0.15) is 43.9 Å². The van der Waals surface area contributed by atoms with Crippen molar-refractivity contribution in [1.82, 2.24) is 0 Å². The van der Waals surface area contributed by atoms with Gasteiger partial charge >= 0.3 is 0 Å². The Bertz CT molecular complexity index is 403. The lowest BCUT2D eigenvalue weighted by atomic mass is 10.0. The van der Waals surface area contributed by atoms with Crippen LogP contribution in [0, 0.1) is 5.92 Å². The molecule has 1 atom stereocenters. The molecule has 1 aliphatic heterocycles. The smallest absolute Gasteiger partial charge is 0.124 e. The van der Waals surface area contributed by atoms with Gasteiger partial charge in [0.15, 0.2) is 0 Å². The second-order valence-electron chi connectivity index (χ2n) is 5.38. The fourth-order valence-electron chi connectivity index (χ4n) is 2.43. The van der Waals surface area contributed by atoms with E-state index in [2.05, 4.69) is 25.1 Å². The molecule has 3 nitrogen and oxygen atoms in total. The Hall–Kier alpha value is -0.770. The van der Waals surface area contributed by atoms with Crippen molar-refractivity contribution in [1.29, 1.82) is 0 Å². The first-order chi connectivity index (χ1) is 9.20. The molecule has 0 bridgehead atoms. The van der Waals surface area contributed by atoms with Crippen LogP contribution in [0.5, 0.6) is 5.75 Å². The predicted octanol–water partition coefficient (Wildman–Crippen LogP) is 3.50. The second kappa shape index (κ2) is 8.50. The van der Waals surface area contributed by atoms with Crippen molar-refractivity contribution in [3.63, 3.8) is 0 Å². The average molecular weight is 300 g/mol. The number of aryl methyl sites for hydroxylation is 1. The molecule has 2 rings (SSSR count). The molecule has 20 heavy (non-hydrogen) atoms. The summed E-state index contributed by atoms with van der Waals surface area (Å²) in [4.78, 5) is 0. The van der Waals surface area contributed by atoms with E-state index in [9.17, 15) is 0 Å². The Morgan fingerprint density at radius 1 is 1.35 bits per heavy atom. The fraction of sp³-hybridized carbons (Fsp3) is 0.625. The van der Waals surface area contributed by atoms with Crippen LogP contribution in [-0.4, -0.2) is 19.8 Å². The molecular formula is C16H26ClNO2. The van der Waals surface area contributed by atoms with E-state index in [-0.39, 0.29) is 18.4 Å². The van der Waals surface area contributed by atoms with Crippen molar-refractivity contribution in [3.05, 3.63) is 29.3 Å². The van der Waals surface area contributed by atoms with Gasteiger partial charge in [-0.2, -0.15) is 0 Å². The molecule has 4 heteroatoms. The molecule has 1 unspecified atom stereocenters. The van der Waals surface area contributed by atoms with Crippen LogP contribution in [0.15, 0.2) is 18.2 Å². The molecule has 114 valence electrons. The zero-order chi connectivity index (χ0) is 13.7. The summed E-state index contributed by atoms with van der Waals surface area (Å²) < 4.78 is 11.4. The van der Waals surface area contributed by atoms with Crippen LogP contribution < -0.4 is 10.5 Å². The van der Waals surface area contributed by atoms with Gasteiger partial charge in [-0.05, 0) is 43.7 Å². The molecule has 2 N–H and O–H groups in total. The third kappa shape index (κ3) is 4.65. The van der Waals surface area contributed by atoms with Gasteiger partial charge in [0.1, 0.15) is 5.75 Å². The van der Waals surface area contributed by atoms with Gasteiger partial charge in [0.2, 0.25) is 0 Å². The van der Waals surface area contributed by atoms with Crippen LogP contribution in [0.2, 0.25) is 0 Å². The molecule has 0 radical (unpaired) electrons. The fourth-order valence-corrected chi connectivity index (χ4v) is 2.43. The Labute approximate surface area is 128 Å². The number of nitrogens with two attached hydrogens (primary N) is 1. The zero-order valence-electron chi connectivity index (χ0n) is 12.4. The molecule has 1 aliphatic rings. The standard InChI is InChI=1S/C16H25NO2.ClH/c1-3-13-4-5-16(15(10-13)12(2)17)19-11-14-6-8-18-9-7-14;/h4-5,10,12,14H,3,6-9,11,17H2,1-2H3;1H. The first-order valence-corrected chi connectivity index (χ1v) is 7.29. The van der Waals surface area contributed by atoms with Gasteiger partial charge in [-0.15, -0.1) is 12.4 Å². The summed E-state index contributed by atoms with van der Waals surface area (Å²) in [5, 5.41) is 0. The van der Waals surface area contributed by atoms with Crippen LogP contribution in [0.4, 0.5) is 0 Å². The van der Waals surface area contributed by atoms with Gasteiger partial charge in [-0.25, -0.2) is 0 Å². The topological polar surface area (TPSA) is 44.5 Å². The van der Waals surface area contributed by atoms with Gasteiger partial charge in [0.25, 0.3) is 0 Å². The average Bonchev–Trinajstić information content (AvgIpc) is 2.46. The summed E-state index contributed by atoms with van der Waals surface area (Å²) in [6, 6.07) is 6.38. The molecule has 1 aromatic rings. The highest BCUT2D eigenvalue weighted by molar-refractivity contribution is 5.85. The third-order valence-corrected chi connectivity index (χ3v) is 3.79. The maximum Gasteiger partial charge on any atom is 0.124 e. The molecule has 0 aromatic heterocycles. The van der Waals surface area contributed by atoms with Crippen LogP contribution in [0.25, 0.3) is 0 Å². The minimum absolute atomic E-state index is 0. The number of hydrogen-bond acceptors (Lipinski definition) is 3. The summed E-state index contributed by atoms with van der Waals surface area (Å²) in [6.45, 7) is 6.67. The van der Waals surface area contributed by atoms with Crippen LogP contribution >= 0.6 is 12.4 Å². The van der Waals surface area contributed by atoms with E-state index in [0.717, 1.165) is 50.4 Å². The largest absolute Gasteiger partial charge is 0.493 e. The molecule has 0 amide bonds. The van der Waals surface area contributed by atoms with Gasteiger partial charge in [0, 0.05) is 24.8 Å². The van der Waals surface area contributed by atoms with Crippen molar-refractivity contribution in [2.75, 3.05) is 19.8 Å². The third-order valence-electron chi connectivity index (χ3n) is 3.79. The Kier molecular flexibility index (Phi) is 7.35. The van der Waals surface area contributed by atoms with Gasteiger partial charge in [0.05, 0.1) is 6.61 Å². The number of benzene rings is 1. The highest BCUT2D eigenvalue weighted by atomic mass is 35.5. The Balaban J connectivity index is 0.00000200. The molecule has 1 aromatic carbocycles. The molecule has 0 spiro atoms. The SMILES string of the molecule is CCc1ccc(OCC2CCOCC2)c(C(C)N)c1.Cl. The maximum absolute atomic E-state index is 6.05. The number of hydrogen-bond donors (Lipinski definition) is 1. The maximum atomic E-state index is 6.05. The monoisotopic (exact) mass is 299 g/mol. The predicted molar refractivity (Wildman–Crippen MR) is 84.7 cm³/mol. The quantitative estimate of drug-likeness (QED) is 0.905. The highest BCUT2D eigenvalue weighted by Crippen LogP contribution is 2.27. The first kappa shape index (κ1) is 17.3. The van der Waals surface area contributed by atoms with Crippen LogP contribution in [0.3, 0.4) is 0 Å². The summed E-state index contributed by atoms with van der Waals surface area (Å²) in [5.74, 6) is 1.55. The summed E-state index contributed by atoms with van der Waals surface area (Å²) in [6.07, 6.45) is 3.22. The van der Waals surface area contributed by atoms with Crippen molar-refractivity contribution in [3.8, 4) is 5.75 Å². The van der Waals surface area contributed by atoms with E-state index >= 15 is 0 Å². The number of ether oxygens (including phenoxy) is 2. The molecule has 1 heterocycles. The minimum atomic E-state index is 0. The van der Waals surface area contributed by atoms with Crippen molar-refractivity contribution in [2.24, 2.45) is 11.7 Å². The van der Waals surface area contributed by atoms with E-state index in [1.165, 1.54) is 5.56 Å². The van der Waals surface area contributed by atoms with Crippen molar-refractivity contribution < 1.29 is 9.47 Å². The van der Waals surface area contributed by atoms with E-state index in [1.807, 2.05) is 6.92 Å². The Morgan fingerprint density at radius 3 is 2.65 bits per heavy atom. The summed E-state index contributed by atoms with van der Waals surface area (Å²) in [7, 11) is 0. The zero-order valence-corrected chi connectivity index (χ0v) is 13.2. The lowest BCUT2D eigenvalue weighted by Crippen LogP contribution is -2.22. The molecular weight excluding hydrogens is 274 g/mol. The lowest BCUT2D eigenvalue weighted by molar-refractivity contribution is 0.0495. The summed E-state index contributed by atoms with van der Waals surface area (Å²) in [5.41, 5.74) is 8.47. The van der Waals surface area contributed by atoms with E-state index < -0.39 is 0 Å². The van der Waals surface area contributed by atoms with E-state index in [0.29, 0.717) is 5.92 Å². The molecule has 1 fully saturated rings. The highest BCUT2D eigenvalue weighted by Gasteiger charge is 2.16. The second-order valence-corrected chi connectivity index (χ2v) is 5.38. The van der Waals surface area contributed by atoms with E-state index in [1.54, 1.807) is 0 Å². The normalized spacial score (nSPS) is 17.4. The molecule has 0 aliphatic carbocycles. The van der Waals surface area contributed by atoms with Gasteiger partial charge in [-0.3, -0.25) is 0 Å². The molecule has 1 saturated heterocycles. The number of rotatable bonds is 5.